The number of nitrogens with two attached hydrogens (primary N) is 2. The Labute approximate surface area is 113 Å². The van der Waals surface area contributed by atoms with E-state index in [9.17, 15) is 4.79 Å². The largest absolute Gasteiger partial charge is 0.390 e. The summed E-state index contributed by atoms with van der Waals surface area (Å²) in [7, 11) is 0. The summed E-state index contributed by atoms with van der Waals surface area (Å²) >= 11 is 1.55. The molecule has 2 rings (SSSR count). The molecule has 100 valence electrons. The van der Waals surface area contributed by atoms with Gasteiger partial charge in [0, 0.05) is 4.88 Å². The molecule has 4 N–H and O–H groups in total. The Balaban J connectivity index is 2.32. The Hall–Kier alpha value is -1.03. The standard InChI is InChI=1S/C14H22N2OS/c1-4-14(2,3)8-5-6-9-10(7-8)18-13(16)11(9)12(15)17/h8H,4-7,16H2,1-3H3,(H2,15,17)/t8-/m1/s1. The van der Waals surface area contributed by atoms with Crippen LogP contribution >= 0.6 is 11.3 Å². The molecule has 0 bridgehead atoms. The molecule has 1 aromatic heterocycles. The fourth-order valence-electron chi connectivity index (χ4n) is 2.83. The Morgan fingerprint density at radius 2 is 2.17 bits per heavy atom. The van der Waals surface area contributed by atoms with Crippen molar-refractivity contribution in [3.63, 3.8) is 0 Å². The van der Waals surface area contributed by atoms with Gasteiger partial charge in [0.05, 0.1) is 10.6 Å². The maximum atomic E-state index is 11.4. The summed E-state index contributed by atoms with van der Waals surface area (Å²) in [4.78, 5) is 12.7. The molecule has 4 heteroatoms. The molecule has 0 saturated heterocycles. The number of carbonyl (C=O) groups excluding carboxylic acids is 1. The van der Waals surface area contributed by atoms with Gasteiger partial charge in [-0.3, -0.25) is 4.79 Å². The zero-order valence-electron chi connectivity index (χ0n) is 11.4. The van der Waals surface area contributed by atoms with Crippen LogP contribution in [0.25, 0.3) is 0 Å². The molecule has 0 radical (unpaired) electrons. The number of thiophene rings is 1. The minimum Gasteiger partial charge on any atom is -0.390 e. The molecule has 1 aromatic rings. The number of fused-ring (bicyclic) bond motifs is 1. The van der Waals surface area contributed by atoms with Crippen molar-refractivity contribution in [3.05, 3.63) is 16.0 Å². The molecule has 1 aliphatic carbocycles. The number of anilines is 1. The SMILES string of the molecule is CCC(C)(C)[C@@H]1CCc2c(sc(N)c2C(N)=O)C1. The van der Waals surface area contributed by atoms with Gasteiger partial charge in [0.2, 0.25) is 0 Å². The number of hydrogen-bond donors (Lipinski definition) is 2. The zero-order chi connectivity index (χ0) is 13.5. The molecule has 3 nitrogen and oxygen atoms in total. The average Bonchev–Trinajstić information content (AvgIpc) is 2.63. The third kappa shape index (κ3) is 2.14. The summed E-state index contributed by atoms with van der Waals surface area (Å²) in [5.41, 5.74) is 13.4. The Kier molecular flexibility index (Phi) is 3.41. The van der Waals surface area contributed by atoms with Gasteiger partial charge in [0.15, 0.2) is 0 Å². The first kappa shape index (κ1) is 13.4. The van der Waals surface area contributed by atoms with Crippen molar-refractivity contribution in [2.24, 2.45) is 17.1 Å². The zero-order valence-corrected chi connectivity index (χ0v) is 12.2. The molecule has 1 atom stereocenters. The van der Waals surface area contributed by atoms with Crippen molar-refractivity contribution in [1.29, 1.82) is 0 Å². The summed E-state index contributed by atoms with van der Waals surface area (Å²) in [6.45, 7) is 6.90. The van der Waals surface area contributed by atoms with Gasteiger partial charge in [0.25, 0.3) is 5.91 Å². The monoisotopic (exact) mass is 266 g/mol. The highest BCUT2D eigenvalue weighted by molar-refractivity contribution is 7.16. The van der Waals surface area contributed by atoms with E-state index in [-0.39, 0.29) is 5.91 Å². The van der Waals surface area contributed by atoms with Gasteiger partial charge in [-0.05, 0) is 36.2 Å². The van der Waals surface area contributed by atoms with Crippen LogP contribution in [-0.2, 0) is 12.8 Å². The maximum Gasteiger partial charge on any atom is 0.251 e. The van der Waals surface area contributed by atoms with Crippen LogP contribution in [0.15, 0.2) is 0 Å². The normalized spacial score (nSPS) is 19.6. The number of carbonyl (C=O) groups is 1. The molecular formula is C14H22N2OS. The predicted octanol–water partition coefficient (Wildman–Crippen LogP) is 2.97. The first-order chi connectivity index (χ1) is 8.36. The fourth-order valence-corrected chi connectivity index (χ4v) is 4.04. The van der Waals surface area contributed by atoms with E-state index in [0.29, 0.717) is 21.9 Å². The molecule has 1 aliphatic rings. The summed E-state index contributed by atoms with van der Waals surface area (Å²) in [5.74, 6) is 0.298. The highest BCUT2D eigenvalue weighted by Gasteiger charge is 2.34. The van der Waals surface area contributed by atoms with Gasteiger partial charge < -0.3 is 11.5 Å². The summed E-state index contributed by atoms with van der Waals surface area (Å²) in [5, 5.41) is 0.599. The first-order valence-corrected chi connectivity index (χ1v) is 7.38. The third-order valence-corrected chi connectivity index (χ3v) is 5.64. The molecule has 0 unspecified atom stereocenters. The second-order valence-electron chi connectivity index (χ2n) is 5.89. The van der Waals surface area contributed by atoms with Crippen LogP contribution in [0.3, 0.4) is 0 Å². The summed E-state index contributed by atoms with van der Waals surface area (Å²) in [6.07, 6.45) is 4.29. The number of amides is 1. The highest BCUT2D eigenvalue weighted by Crippen LogP contribution is 2.44. The lowest BCUT2D eigenvalue weighted by Gasteiger charge is -2.36. The summed E-state index contributed by atoms with van der Waals surface area (Å²) in [6, 6.07) is 0. The van der Waals surface area contributed by atoms with Crippen molar-refractivity contribution in [3.8, 4) is 0 Å². The van der Waals surface area contributed by atoms with E-state index in [1.807, 2.05) is 0 Å². The third-order valence-electron chi connectivity index (χ3n) is 4.56. The molecule has 0 fully saturated rings. The van der Waals surface area contributed by atoms with Crippen LogP contribution < -0.4 is 11.5 Å². The van der Waals surface area contributed by atoms with Crippen molar-refractivity contribution in [1.82, 2.24) is 0 Å². The molecule has 0 aromatic carbocycles. The molecule has 0 spiro atoms. The van der Waals surface area contributed by atoms with Gasteiger partial charge in [-0.25, -0.2) is 0 Å². The number of nitrogen functional groups attached to an aromatic ring is 1. The van der Waals surface area contributed by atoms with E-state index < -0.39 is 0 Å². The lowest BCUT2D eigenvalue weighted by atomic mass is 9.69. The predicted molar refractivity (Wildman–Crippen MR) is 76.8 cm³/mol. The van der Waals surface area contributed by atoms with E-state index in [2.05, 4.69) is 20.8 Å². The second-order valence-corrected chi connectivity index (χ2v) is 7.03. The van der Waals surface area contributed by atoms with Crippen LogP contribution in [0.2, 0.25) is 0 Å². The van der Waals surface area contributed by atoms with Crippen LogP contribution in [-0.4, -0.2) is 5.91 Å². The van der Waals surface area contributed by atoms with Crippen LogP contribution in [0.1, 0.15) is 54.4 Å². The maximum absolute atomic E-state index is 11.4. The van der Waals surface area contributed by atoms with Gasteiger partial charge in [0.1, 0.15) is 0 Å². The Bertz CT molecular complexity index is 476. The topological polar surface area (TPSA) is 69.1 Å². The van der Waals surface area contributed by atoms with E-state index in [1.54, 1.807) is 11.3 Å². The smallest absolute Gasteiger partial charge is 0.251 e. The van der Waals surface area contributed by atoms with Gasteiger partial charge >= 0.3 is 0 Å². The minimum absolute atomic E-state index is 0.351. The molecule has 0 aliphatic heterocycles. The van der Waals surface area contributed by atoms with Gasteiger partial charge in [-0.1, -0.05) is 27.2 Å². The lowest BCUT2D eigenvalue weighted by molar-refractivity contribution is 0.1000. The number of hydrogen-bond acceptors (Lipinski definition) is 3. The van der Waals surface area contributed by atoms with E-state index in [0.717, 1.165) is 24.8 Å². The van der Waals surface area contributed by atoms with Crippen molar-refractivity contribution in [2.75, 3.05) is 5.73 Å². The van der Waals surface area contributed by atoms with Crippen molar-refractivity contribution in [2.45, 2.75) is 46.5 Å². The minimum atomic E-state index is -0.377. The van der Waals surface area contributed by atoms with E-state index in [1.165, 1.54) is 11.3 Å². The van der Waals surface area contributed by atoms with Crippen molar-refractivity contribution >= 4 is 22.2 Å². The van der Waals surface area contributed by atoms with E-state index in [4.69, 9.17) is 11.5 Å². The first-order valence-electron chi connectivity index (χ1n) is 6.56. The molecule has 1 amide bonds. The molecule has 0 saturated carbocycles. The summed E-state index contributed by atoms with van der Waals surface area (Å²) < 4.78 is 0. The van der Waals surface area contributed by atoms with Crippen LogP contribution in [0, 0.1) is 11.3 Å². The number of primary amides is 1. The van der Waals surface area contributed by atoms with Crippen LogP contribution in [0.5, 0.6) is 0 Å². The average molecular weight is 266 g/mol. The lowest BCUT2D eigenvalue weighted by Crippen LogP contribution is -2.29. The Morgan fingerprint density at radius 1 is 1.50 bits per heavy atom. The molecule has 18 heavy (non-hydrogen) atoms. The van der Waals surface area contributed by atoms with Gasteiger partial charge in [-0.2, -0.15) is 0 Å². The number of rotatable bonds is 3. The van der Waals surface area contributed by atoms with Gasteiger partial charge in [-0.15, -0.1) is 11.3 Å². The molecule has 1 heterocycles. The highest BCUT2D eigenvalue weighted by atomic mass is 32.1. The second kappa shape index (κ2) is 4.57. The van der Waals surface area contributed by atoms with Crippen LogP contribution in [0.4, 0.5) is 5.00 Å². The van der Waals surface area contributed by atoms with E-state index >= 15 is 0 Å². The molecular weight excluding hydrogens is 244 g/mol. The quantitative estimate of drug-likeness (QED) is 0.883. The fraction of sp³-hybridized carbons (Fsp3) is 0.643. The Morgan fingerprint density at radius 3 is 2.72 bits per heavy atom. The van der Waals surface area contributed by atoms with Crippen molar-refractivity contribution < 1.29 is 4.79 Å².